The number of para-hydroxylation sites is 1. The molecular weight excluding hydrogens is 665 g/mol. The van der Waals surface area contributed by atoms with Gasteiger partial charge in [0.2, 0.25) is 0 Å². The van der Waals surface area contributed by atoms with Gasteiger partial charge in [0.1, 0.15) is 4.83 Å². The molecule has 0 amide bonds. The monoisotopic (exact) mass is 694 g/mol. The van der Waals surface area contributed by atoms with Gasteiger partial charge in [0, 0.05) is 43.1 Å². The van der Waals surface area contributed by atoms with Crippen molar-refractivity contribution in [3.63, 3.8) is 0 Å². The second-order valence-electron chi connectivity index (χ2n) is 13.1. The molecule has 5 heteroatoms. The summed E-state index contributed by atoms with van der Waals surface area (Å²) in [5, 5.41) is 3.56. The smallest absolute Gasteiger partial charge is 0.164 e. The summed E-state index contributed by atoms with van der Waals surface area (Å²) in [6, 6.07) is 63.4. The minimum atomic E-state index is 0.626. The van der Waals surface area contributed by atoms with Crippen molar-refractivity contribution in [2.75, 3.05) is 0 Å². The molecule has 0 saturated carbocycles. The maximum atomic E-state index is 5.08. The van der Waals surface area contributed by atoms with E-state index in [4.69, 9.17) is 19.9 Å². The lowest BCUT2D eigenvalue weighted by Gasteiger charge is -2.12. The number of fused-ring (bicyclic) bond motifs is 4. The van der Waals surface area contributed by atoms with Crippen LogP contribution in [0, 0.1) is 0 Å². The quantitative estimate of drug-likeness (QED) is 0.174. The summed E-state index contributed by atoms with van der Waals surface area (Å²) in [7, 11) is 0. The molecule has 0 N–H and O–H groups in total. The number of nitrogens with zero attached hydrogens (tertiary/aromatic N) is 4. The van der Waals surface area contributed by atoms with E-state index < -0.39 is 0 Å². The number of rotatable bonds is 6. The normalized spacial score (nSPS) is 11.4. The molecule has 3 heterocycles. The summed E-state index contributed by atoms with van der Waals surface area (Å²) >= 11 is 1.75. The predicted octanol–water partition coefficient (Wildman–Crippen LogP) is 12.8. The molecule has 0 spiro atoms. The fraction of sp³-hybridized carbons (Fsp3) is 0. The Balaban J connectivity index is 1.09. The van der Waals surface area contributed by atoms with Crippen LogP contribution >= 0.6 is 11.3 Å². The van der Waals surface area contributed by atoms with Gasteiger partial charge in [-0.3, -0.25) is 0 Å². The van der Waals surface area contributed by atoms with E-state index in [9.17, 15) is 0 Å². The largest absolute Gasteiger partial charge is 0.237 e. The zero-order chi connectivity index (χ0) is 35.1. The second kappa shape index (κ2) is 13.1. The van der Waals surface area contributed by atoms with Crippen LogP contribution in [0.3, 0.4) is 0 Å². The van der Waals surface area contributed by atoms with E-state index in [1.807, 2.05) is 12.1 Å². The van der Waals surface area contributed by atoms with Crippen LogP contribution in [0.25, 0.3) is 98.7 Å². The molecule has 4 nitrogen and oxygen atoms in total. The van der Waals surface area contributed by atoms with Crippen molar-refractivity contribution in [1.82, 2.24) is 19.9 Å². The molecule has 0 bridgehead atoms. The Labute approximate surface area is 310 Å². The first kappa shape index (κ1) is 31.0. The van der Waals surface area contributed by atoms with Gasteiger partial charge in [-0.1, -0.05) is 170 Å². The highest BCUT2D eigenvalue weighted by Crippen LogP contribution is 2.43. The first-order valence-corrected chi connectivity index (χ1v) is 18.5. The van der Waals surface area contributed by atoms with Crippen molar-refractivity contribution in [3.05, 3.63) is 182 Å². The van der Waals surface area contributed by atoms with Gasteiger partial charge in [0.05, 0.1) is 5.52 Å². The van der Waals surface area contributed by atoms with Gasteiger partial charge in [-0.25, -0.2) is 19.9 Å². The molecule has 0 saturated heterocycles. The number of hydrogen-bond donors (Lipinski definition) is 0. The molecule has 10 rings (SSSR count). The van der Waals surface area contributed by atoms with Crippen LogP contribution in [0.4, 0.5) is 0 Å². The van der Waals surface area contributed by atoms with E-state index in [0.29, 0.717) is 17.5 Å². The molecule has 53 heavy (non-hydrogen) atoms. The van der Waals surface area contributed by atoms with Crippen molar-refractivity contribution >= 4 is 42.5 Å². The van der Waals surface area contributed by atoms with E-state index in [2.05, 4.69) is 170 Å². The summed E-state index contributed by atoms with van der Waals surface area (Å²) in [5.74, 6) is 1.89. The predicted molar refractivity (Wildman–Crippen MR) is 221 cm³/mol. The van der Waals surface area contributed by atoms with E-state index in [-0.39, 0.29) is 0 Å². The molecule has 0 atom stereocenters. The third-order valence-corrected chi connectivity index (χ3v) is 10.9. The standard InChI is InChI=1S/C48H30N4S/c1-3-11-31(12-4-1)33-19-25-36(26-20-33)45-50-46(37-27-21-34(22-28-37)32-13-5-2-6-14-32)52-47(51-45)38-29-23-35(24-30-38)43-39-15-7-9-17-41(39)49-48-44(43)40-16-8-10-18-42(40)53-48/h1-30H. The molecule has 7 aromatic carbocycles. The lowest BCUT2D eigenvalue weighted by atomic mass is 9.95. The van der Waals surface area contributed by atoms with Crippen molar-refractivity contribution in [1.29, 1.82) is 0 Å². The van der Waals surface area contributed by atoms with Crippen LogP contribution in [0.1, 0.15) is 0 Å². The number of benzene rings is 7. The van der Waals surface area contributed by atoms with Gasteiger partial charge in [-0.15, -0.1) is 11.3 Å². The molecule has 0 aliphatic heterocycles. The highest BCUT2D eigenvalue weighted by Gasteiger charge is 2.18. The molecule has 0 aliphatic carbocycles. The lowest BCUT2D eigenvalue weighted by molar-refractivity contribution is 1.07. The average Bonchev–Trinajstić information content (AvgIpc) is 3.61. The minimum Gasteiger partial charge on any atom is -0.237 e. The molecule has 0 fully saturated rings. The maximum Gasteiger partial charge on any atom is 0.164 e. The zero-order valence-corrected chi connectivity index (χ0v) is 29.3. The molecule has 0 aliphatic rings. The molecule has 248 valence electrons. The van der Waals surface area contributed by atoms with E-state index in [1.54, 1.807) is 11.3 Å². The number of hydrogen-bond acceptors (Lipinski definition) is 5. The highest BCUT2D eigenvalue weighted by molar-refractivity contribution is 7.25. The summed E-state index contributed by atoms with van der Waals surface area (Å²) in [5.41, 5.74) is 10.7. The van der Waals surface area contributed by atoms with Crippen molar-refractivity contribution < 1.29 is 0 Å². The van der Waals surface area contributed by atoms with Crippen LogP contribution in [0.15, 0.2) is 182 Å². The topological polar surface area (TPSA) is 51.6 Å². The van der Waals surface area contributed by atoms with Gasteiger partial charge >= 0.3 is 0 Å². The summed E-state index contributed by atoms with van der Waals surface area (Å²) in [6.07, 6.45) is 0. The fourth-order valence-electron chi connectivity index (χ4n) is 7.11. The first-order valence-electron chi connectivity index (χ1n) is 17.6. The first-order chi connectivity index (χ1) is 26.2. The Hall–Kier alpha value is -6.82. The maximum absolute atomic E-state index is 5.08. The molecule has 0 radical (unpaired) electrons. The van der Waals surface area contributed by atoms with Gasteiger partial charge in [0.25, 0.3) is 0 Å². The molecular formula is C48H30N4S. The third kappa shape index (κ3) is 5.74. The van der Waals surface area contributed by atoms with E-state index in [0.717, 1.165) is 49.1 Å². The van der Waals surface area contributed by atoms with Gasteiger partial charge in [-0.2, -0.15) is 0 Å². The average molecular weight is 695 g/mol. The molecule has 10 aromatic rings. The van der Waals surface area contributed by atoms with Crippen molar-refractivity contribution in [3.8, 4) is 67.5 Å². The highest BCUT2D eigenvalue weighted by atomic mass is 32.1. The SMILES string of the molecule is c1ccc(-c2ccc(-c3nc(-c4ccc(-c5ccccc5)cc4)nc(-c4ccc(-c5c6ccccc6nc6sc7ccccc7c56)cc4)n3)cc2)cc1. The summed E-state index contributed by atoms with van der Waals surface area (Å²) < 4.78 is 1.24. The van der Waals surface area contributed by atoms with Crippen LogP contribution in [0.2, 0.25) is 0 Å². The van der Waals surface area contributed by atoms with Crippen molar-refractivity contribution in [2.45, 2.75) is 0 Å². The molecule has 0 unspecified atom stereocenters. The fourth-order valence-corrected chi connectivity index (χ4v) is 8.21. The number of pyridine rings is 1. The zero-order valence-electron chi connectivity index (χ0n) is 28.5. The Morgan fingerprint density at radius 2 is 0.698 bits per heavy atom. The van der Waals surface area contributed by atoms with Gasteiger partial charge in [0.15, 0.2) is 17.5 Å². The van der Waals surface area contributed by atoms with E-state index in [1.165, 1.54) is 32.2 Å². The van der Waals surface area contributed by atoms with Crippen LogP contribution in [0.5, 0.6) is 0 Å². The number of thiophene rings is 1. The van der Waals surface area contributed by atoms with Crippen LogP contribution < -0.4 is 0 Å². The lowest BCUT2D eigenvalue weighted by Crippen LogP contribution is -2.00. The summed E-state index contributed by atoms with van der Waals surface area (Å²) in [4.78, 5) is 21.3. The third-order valence-electron chi connectivity index (χ3n) is 9.79. The van der Waals surface area contributed by atoms with Crippen molar-refractivity contribution in [2.24, 2.45) is 0 Å². The Bertz CT molecular complexity index is 2800. The van der Waals surface area contributed by atoms with E-state index >= 15 is 0 Å². The Kier molecular flexibility index (Phi) is 7.63. The second-order valence-corrected chi connectivity index (χ2v) is 14.1. The molecule has 3 aromatic heterocycles. The summed E-state index contributed by atoms with van der Waals surface area (Å²) in [6.45, 7) is 0. The number of aromatic nitrogens is 4. The Morgan fingerprint density at radius 1 is 0.302 bits per heavy atom. The van der Waals surface area contributed by atoms with Crippen LogP contribution in [-0.4, -0.2) is 19.9 Å². The van der Waals surface area contributed by atoms with Gasteiger partial charge < -0.3 is 0 Å². The minimum absolute atomic E-state index is 0.626. The van der Waals surface area contributed by atoms with Crippen LogP contribution in [-0.2, 0) is 0 Å². The van der Waals surface area contributed by atoms with Gasteiger partial charge in [-0.05, 0) is 39.9 Å². The Morgan fingerprint density at radius 3 is 1.23 bits per heavy atom.